The summed E-state index contributed by atoms with van der Waals surface area (Å²) >= 11 is 5.75. The van der Waals surface area contributed by atoms with Crippen molar-refractivity contribution in [2.45, 2.75) is 13.3 Å². The van der Waals surface area contributed by atoms with E-state index in [1.165, 1.54) is 18.7 Å². The van der Waals surface area contributed by atoms with Gasteiger partial charge < -0.3 is 4.74 Å². The molecule has 104 valence electrons. The molecule has 0 aliphatic carbocycles. The molecule has 2 aromatic heterocycles. The van der Waals surface area contributed by atoms with Crippen molar-refractivity contribution in [1.29, 1.82) is 0 Å². The molecule has 0 spiro atoms. The molecule has 0 radical (unpaired) electrons. The van der Waals surface area contributed by atoms with Gasteiger partial charge in [0.15, 0.2) is 5.69 Å². The molecule has 0 bridgehead atoms. The summed E-state index contributed by atoms with van der Waals surface area (Å²) in [6.07, 6.45) is 5.02. The molecule has 2 aromatic rings. The lowest BCUT2D eigenvalue weighted by Crippen LogP contribution is -1.99. The second-order valence-electron chi connectivity index (χ2n) is 3.88. The van der Waals surface area contributed by atoms with Crippen LogP contribution in [0.25, 0.3) is 11.3 Å². The summed E-state index contributed by atoms with van der Waals surface area (Å²) in [6, 6.07) is 1.63. The van der Waals surface area contributed by atoms with E-state index >= 15 is 0 Å². The van der Waals surface area contributed by atoms with Crippen molar-refractivity contribution in [1.82, 2.24) is 15.0 Å². The first-order valence-electron chi connectivity index (χ1n) is 5.86. The number of aromatic nitrogens is 3. The standard InChI is InChI=1S/C12H11ClN4O3/c1-2-3-20-9-4-8(5-14-6-9)10-11(17(18)19)12(13)16-7-15-10/h4-7H,2-3H2,1H3. The lowest BCUT2D eigenvalue weighted by Gasteiger charge is -2.06. The third kappa shape index (κ3) is 3.00. The Balaban J connectivity index is 2.46. The van der Waals surface area contributed by atoms with Crippen LogP contribution in [-0.4, -0.2) is 26.5 Å². The average Bonchev–Trinajstić information content (AvgIpc) is 2.44. The number of rotatable bonds is 5. The highest BCUT2D eigenvalue weighted by Crippen LogP contribution is 2.33. The van der Waals surface area contributed by atoms with Crippen LogP contribution in [0.4, 0.5) is 5.69 Å². The average molecular weight is 295 g/mol. The van der Waals surface area contributed by atoms with Crippen LogP contribution < -0.4 is 4.74 Å². The molecule has 0 saturated heterocycles. The first-order chi connectivity index (χ1) is 9.63. The second kappa shape index (κ2) is 6.25. The summed E-state index contributed by atoms with van der Waals surface area (Å²) in [7, 11) is 0. The number of nitrogens with zero attached hydrogens (tertiary/aromatic N) is 4. The molecule has 0 amide bonds. The Kier molecular flexibility index (Phi) is 4.41. The molecular formula is C12H11ClN4O3. The van der Waals surface area contributed by atoms with E-state index in [4.69, 9.17) is 16.3 Å². The maximum Gasteiger partial charge on any atom is 0.332 e. The van der Waals surface area contributed by atoms with Gasteiger partial charge in [-0.2, -0.15) is 0 Å². The van der Waals surface area contributed by atoms with Crippen LogP contribution >= 0.6 is 11.6 Å². The zero-order valence-electron chi connectivity index (χ0n) is 10.6. The van der Waals surface area contributed by atoms with E-state index in [0.717, 1.165) is 6.42 Å². The Labute approximate surface area is 119 Å². The third-order valence-corrected chi connectivity index (χ3v) is 2.70. The summed E-state index contributed by atoms with van der Waals surface area (Å²) in [4.78, 5) is 22.0. The van der Waals surface area contributed by atoms with Crippen molar-refractivity contribution in [2.75, 3.05) is 6.61 Å². The van der Waals surface area contributed by atoms with Gasteiger partial charge in [-0.05, 0) is 12.5 Å². The van der Waals surface area contributed by atoms with E-state index in [1.54, 1.807) is 6.07 Å². The first kappa shape index (κ1) is 14.1. The van der Waals surface area contributed by atoms with Crippen LogP contribution in [0.15, 0.2) is 24.8 Å². The number of halogens is 1. The molecule has 0 atom stereocenters. The van der Waals surface area contributed by atoms with Crippen LogP contribution in [0, 0.1) is 10.1 Å². The van der Waals surface area contributed by atoms with Gasteiger partial charge in [0.1, 0.15) is 12.1 Å². The van der Waals surface area contributed by atoms with Crippen molar-refractivity contribution < 1.29 is 9.66 Å². The number of hydrogen-bond acceptors (Lipinski definition) is 6. The summed E-state index contributed by atoms with van der Waals surface area (Å²) < 4.78 is 5.44. The summed E-state index contributed by atoms with van der Waals surface area (Å²) in [5, 5.41) is 10.9. The van der Waals surface area contributed by atoms with Gasteiger partial charge in [0.25, 0.3) is 0 Å². The van der Waals surface area contributed by atoms with Gasteiger partial charge in [-0.3, -0.25) is 15.1 Å². The van der Waals surface area contributed by atoms with Gasteiger partial charge in [-0.1, -0.05) is 18.5 Å². The van der Waals surface area contributed by atoms with Gasteiger partial charge in [0.2, 0.25) is 5.15 Å². The molecule has 0 N–H and O–H groups in total. The Hall–Kier alpha value is -2.28. The smallest absolute Gasteiger partial charge is 0.332 e. The Morgan fingerprint density at radius 1 is 1.40 bits per heavy atom. The highest BCUT2D eigenvalue weighted by Gasteiger charge is 2.23. The quantitative estimate of drug-likeness (QED) is 0.478. The maximum absolute atomic E-state index is 11.1. The topological polar surface area (TPSA) is 91.0 Å². The molecule has 0 unspecified atom stereocenters. The van der Waals surface area contributed by atoms with Crippen molar-refractivity contribution in [2.24, 2.45) is 0 Å². The molecule has 2 rings (SSSR count). The molecule has 7 nitrogen and oxygen atoms in total. The molecule has 0 aromatic carbocycles. The molecule has 0 saturated carbocycles. The predicted octanol–water partition coefficient (Wildman–Crippen LogP) is 2.89. The number of ether oxygens (including phenoxy) is 1. The molecule has 2 heterocycles. The van der Waals surface area contributed by atoms with Crippen LogP contribution in [0.1, 0.15) is 13.3 Å². The van der Waals surface area contributed by atoms with Gasteiger partial charge >= 0.3 is 5.69 Å². The van der Waals surface area contributed by atoms with Crippen LogP contribution in [0.2, 0.25) is 5.15 Å². The van der Waals surface area contributed by atoms with E-state index in [1.807, 2.05) is 6.92 Å². The lowest BCUT2D eigenvalue weighted by molar-refractivity contribution is -0.384. The minimum absolute atomic E-state index is 0.115. The van der Waals surface area contributed by atoms with Crippen molar-refractivity contribution in [3.63, 3.8) is 0 Å². The normalized spacial score (nSPS) is 10.3. The Bertz CT molecular complexity index is 636. The third-order valence-electron chi connectivity index (χ3n) is 2.42. The van der Waals surface area contributed by atoms with E-state index in [-0.39, 0.29) is 16.5 Å². The maximum atomic E-state index is 11.1. The van der Waals surface area contributed by atoms with Gasteiger partial charge in [-0.15, -0.1) is 0 Å². The van der Waals surface area contributed by atoms with Crippen LogP contribution in [0.5, 0.6) is 5.75 Å². The molecule has 20 heavy (non-hydrogen) atoms. The molecule has 8 heteroatoms. The number of nitro groups is 1. The first-order valence-corrected chi connectivity index (χ1v) is 6.24. The molecule has 0 aliphatic heterocycles. The van der Waals surface area contributed by atoms with Crippen molar-refractivity contribution in [3.05, 3.63) is 40.1 Å². The number of hydrogen-bond donors (Lipinski definition) is 0. The Morgan fingerprint density at radius 2 is 2.20 bits per heavy atom. The zero-order chi connectivity index (χ0) is 14.5. The van der Waals surface area contributed by atoms with E-state index in [0.29, 0.717) is 17.9 Å². The fraction of sp³-hybridized carbons (Fsp3) is 0.250. The largest absolute Gasteiger partial charge is 0.492 e. The summed E-state index contributed by atoms with van der Waals surface area (Å²) in [5.74, 6) is 0.522. The fourth-order valence-corrected chi connectivity index (χ4v) is 1.78. The van der Waals surface area contributed by atoms with Gasteiger partial charge in [0, 0.05) is 11.8 Å². The Morgan fingerprint density at radius 3 is 2.90 bits per heavy atom. The molecule has 0 aliphatic rings. The highest BCUT2D eigenvalue weighted by molar-refractivity contribution is 6.31. The van der Waals surface area contributed by atoms with E-state index in [2.05, 4.69) is 15.0 Å². The SMILES string of the molecule is CCCOc1cncc(-c2ncnc(Cl)c2[N+](=O)[O-])c1. The highest BCUT2D eigenvalue weighted by atomic mass is 35.5. The van der Waals surface area contributed by atoms with Gasteiger partial charge in [-0.25, -0.2) is 9.97 Å². The van der Waals surface area contributed by atoms with Crippen molar-refractivity contribution in [3.8, 4) is 17.0 Å². The molecular weight excluding hydrogens is 284 g/mol. The zero-order valence-corrected chi connectivity index (χ0v) is 11.4. The van der Waals surface area contributed by atoms with Crippen LogP contribution in [-0.2, 0) is 0 Å². The van der Waals surface area contributed by atoms with Crippen LogP contribution in [0.3, 0.4) is 0 Å². The fourth-order valence-electron chi connectivity index (χ4n) is 1.58. The predicted molar refractivity (Wildman–Crippen MR) is 72.7 cm³/mol. The minimum Gasteiger partial charge on any atom is -0.492 e. The summed E-state index contributed by atoms with van der Waals surface area (Å²) in [6.45, 7) is 2.52. The van der Waals surface area contributed by atoms with E-state index in [9.17, 15) is 10.1 Å². The molecule has 0 fully saturated rings. The van der Waals surface area contributed by atoms with E-state index < -0.39 is 4.92 Å². The summed E-state index contributed by atoms with van der Waals surface area (Å²) in [5.41, 5.74) is 0.225. The second-order valence-corrected chi connectivity index (χ2v) is 4.23. The van der Waals surface area contributed by atoms with Gasteiger partial charge in [0.05, 0.1) is 17.7 Å². The minimum atomic E-state index is -0.614. The van der Waals surface area contributed by atoms with Crippen molar-refractivity contribution >= 4 is 17.3 Å². The monoisotopic (exact) mass is 294 g/mol. The number of pyridine rings is 1. The lowest BCUT2D eigenvalue weighted by atomic mass is 10.2.